The Kier molecular flexibility index (Phi) is 7.15. The lowest BCUT2D eigenvalue weighted by atomic mass is 9.98. The lowest BCUT2D eigenvalue weighted by Gasteiger charge is -2.23. The zero-order chi connectivity index (χ0) is 24.9. The van der Waals surface area contributed by atoms with E-state index in [-0.39, 0.29) is 30.4 Å². The maximum absolute atomic E-state index is 12.9. The summed E-state index contributed by atoms with van der Waals surface area (Å²) in [6, 6.07) is 22.1. The standard InChI is InChI=1S/C28H28N2O5/c1-3-18(16-26(31)30(2)25-15-9-8-14-23(25)27(32)33)29-28(34)35-17-24-21-12-6-4-10-19(21)20-11-5-7-13-22(20)24/h4-15,18,24H,3,16-17H2,1-2H3,(H,29,34)(H,32,33)/t18-/m0/s1. The van der Waals surface area contributed by atoms with Crippen LogP contribution in [0.4, 0.5) is 10.5 Å². The predicted octanol–water partition coefficient (Wildman–Crippen LogP) is 5.06. The third-order valence-corrected chi connectivity index (χ3v) is 6.45. The van der Waals surface area contributed by atoms with Gasteiger partial charge in [-0.2, -0.15) is 0 Å². The van der Waals surface area contributed by atoms with Gasteiger partial charge in [-0.25, -0.2) is 9.59 Å². The normalized spacial score (nSPS) is 12.9. The number of alkyl carbamates (subject to hydrolysis) is 1. The second-order valence-electron chi connectivity index (χ2n) is 8.55. The van der Waals surface area contributed by atoms with Gasteiger partial charge in [0.05, 0.1) is 11.3 Å². The molecule has 3 aromatic carbocycles. The Hall–Kier alpha value is -4.13. The van der Waals surface area contributed by atoms with E-state index in [2.05, 4.69) is 29.6 Å². The molecule has 1 aliphatic carbocycles. The molecule has 0 unspecified atom stereocenters. The Morgan fingerprint density at radius 1 is 0.943 bits per heavy atom. The number of aromatic carboxylic acids is 1. The fourth-order valence-corrected chi connectivity index (χ4v) is 4.53. The van der Waals surface area contributed by atoms with Crippen LogP contribution >= 0.6 is 0 Å². The summed E-state index contributed by atoms with van der Waals surface area (Å²) in [6.45, 7) is 2.06. The van der Waals surface area contributed by atoms with E-state index in [1.807, 2.05) is 31.2 Å². The summed E-state index contributed by atoms with van der Waals surface area (Å²) in [6.07, 6.45) is -0.0460. The van der Waals surface area contributed by atoms with Gasteiger partial charge >= 0.3 is 12.1 Å². The molecule has 0 aromatic heterocycles. The smallest absolute Gasteiger partial charge is 0.407 e. The van der Waals surface area contributed by atoms with Gasteiger partial charge in [-0.05, 0) is 40.8 Å². The minimum absolute atomic E-state index is 0.0190. The molecule has 0 aliphatic heterocycles. The molecule has 4 rings (SSSR count). The first-order chi connectivity index (χ1) is 16.9. The second kappa shape index (κ2) is 10.4. The molecule has 35 heavy (non-hydrogen) atoms. The third kappa shape index (κ3) is 5.04. The number of fused-ring (bicyclic) bond motifs is 3. The van der Waals surface area contributed by atoms with Crippen molar-refractivity contribution >= 4 is 23.7 Å². The van der Waals surface area contributed by atoms with E-state index in [4.69, 9.17) is 4.74 Å². The Bertz CT molecular complexity index is 1210. The van der Waals surface area contributed by atoms with E-state index >= 15 is 0 Å². The van der Waals surface area contributed by atoms with Crippen LogP contribution < -0.4 is 10.2 Å². The summed E-state index contributed by atoms with van der Waals surface area (Å²) < 4.78 is 5.60. The molecule has 0 spiro atoms. The van der Waals surface area contributed by atoms with Gasteiger partial charge in [-0.15, -0.1) is 0 Å². The van der Waals surface area contributed by atoms with Crippen molar-refractivity contribution in [3.05, 3.63) is 89.5 Å². The SMILES string of the molecule is CC[C@@H](CC(=O)N(C)c1ccccc1C(=O)O)NC(=O)OCC1c2ccccc2-c2ccccc21. The van der Waals surface area contributed by atoms with Crippen LogP contribution in [0.5, 0.6) is 0 Å². The molecular weight excluding hydrogens is 444 g/mol. The highest BCUT2D eigenvalue weighted by Gasteiger charge is 2.29. The summed E-state index contributed by atoms with van der Waals surface area (Å²) in [5.74, 6) is -1.46. The molecule has 0 bridgehead atoms. The van der Waals surface area contributed by atoms with Gasteiger partial charge in [-0.3, -0.25) is 4.79 Å². The molecule has 3 aromatic rings. The fraction of sp³-hybridized carbons (Fsp3) is 0.250. The summed E-state index contributed by atoms with van der Waals surface area (Å²) in [5.41, 5.74) is 4.91. The topological polar surface area (TPSA) is 95.9 Å². The number of carbonyl (C=O) groups excluding carboxylic acids is 2. The molecule has 0 saturated carbocycles. The summed E-state index contributed by atoms with van der Waals surface area (Å²) >= 11 is 0. The number of amides is 2. The summed E-state index contributed by atoms with van der Waals surface area (Å²) in [5, 5.41) is 12.2. The number of carbonyl (C=O) groups is 3. The molecule has 7 heteroatoms. The Balaban J connectivity index is 1.37. The van der Waals surface area contributed by atoms with E-state index in [1.54, 1.807) is 18.2 Å². The number of nitrogens with one attached hydrogen (secondary N) is 1. The van der Waals surface area contributed by atoms with Crippen molar-refractivity contribution < 1.29 is 24.2 Å². The highest BCUT2D eigenvalue weighted by Crippen LogP contribution is 2.44. The molecule has 1 atom stereocenters. The van der Waals surface area contributed by atoms with Crippen molar-refractivity contribution in [3.8, 4) is 11.1 Å². The molecular formula is C28H28N2O5. The van der Waals surface area contributed by atoms with Crippen molar-refractivity contribution in [1.82, 2.24) is 5.32 Å². The number of hydrogen-bond acceptors (Lipinski definition) is 4. The number of anilines is 1. The van der Waals surface area contributed by atoms with E-state index in [0.717, 1.165) is 22.3 Å². The van der Waals surface area contributed by atoms with Gasteiger partial charge in [0.2, 0.25) is 5.91 Å². The molecule has 1 aliphatic rings. The van der Waals surface area contributed by atoms with E-state index in [9.17, 15) is 19.5 Å². The Morgan fingerprint density at radius 3 is 2.11 bits per heavy atom. The van der Waals surface area contributed by atoms with Crippen LogP contribution in [0, 0.1) is 0 Å². The highest BCUT2D eigenvalue weighted by molar-refractivity contribution is 6.01. The number of benzene rings is 3. The summed E-state index contributed by atoms with van der Waals surface area (Å²) in [7, 11) is 1.53. The van der Waals surface area contributed by atoms with Crippen LogP contribution in [-0.2, 0) is 9.53 Å². The lowest BCUT2D eigenvalue weighted by molar-refractivity contribution is -0.118. The van der Waals surface area contributed by atoms with Crippen molar-refractivity contribution in [2.75, 3.05) is 18.6 Å². The molecule has 7 nitrogen and oxygen atoms in total. The Labute approximate surface area is 204 Å². The molecule has 0 radical (unpaired) electrons. The minimum Gasteiger partial charge on any atom is -0.478 e. The third-order valence-electron chi connectivity index (χ3n) is 6.45. The lowest BCUT2D eigenvalue weighted by Crippen LogP contribution is -2.40. The maximum Gasteiger partial charge on any atom is 0.407 e. The molecule has 0 saturated heterocycles. The first kappa shape index (κ1) is 24.0. The molecule has 180 valence electrons. The number of nitrogens with zero attached hydrogens (tertiary/aromatic N) is 1. The van der Waals surface area contributed by atoms with Gasteiger partial charge in [-0.1, -0.05) is 67.6 Å². The van der Waals surface area contributed by atoms with Crippen LogP contribution in [0.2, 0.25) is 0 Å². The first-order valence-electron chi connectivity index (χ1n) is 11.6. The largest absolute Gasteiger partial charge is 0.478 e. The first-order valence-corrected chi connectivity index (χ1v) is 11.6. The maximum atomic E-state index is 12.9. The van der Waals surface area contributed by atoms with Crippen molar-refractivity contribution in [1.29, 1.82) is 0 Å². The quantitative estimate of drug-likeness (QED) is 0.478. The number of ether oxygens (including phenoxy) is 1. The minimum atomic E-state index is -1.11. The van der Waals surface area contributed by atoms with Crippen LogP contribution in [-0.4, -0.2) is 42.8 Å². The highest BCUT2D eigenvalue weighted by atomic mass is 16.5. The monoisotopic (exact) mass is 472 g/mol. The van der Waals surface area contributed by atoms with Crippen molar-refractivity contribution in [2.24, 2.45) is 0 Å². The van der Waals surface area contributed by atoms with E-state index in [0.29, 0.717) is 12.1 Å². The fourth-order valence-electron chi connectivity index (χ4n) is 4.53. The van der Waals surface area contributed by atoms with Crippen LogP contribution in [0.15, 0.2) is 72.8 Å². The van der Waals surface area contributed by atoms with E-state index < -0.39 is 18.1 Å². The average Bonchev–Trinajstić information content (AvgIpc) is 3.20. The summed E-state index contributed by atoms with van der Waals surface area (Å²) in [4.78, 5) is 38.3. The molecule has 0 heterocycles. The van der Waals surface area contributed by atoms with Gasteiger partial charge in [0.15, 0.2) is 0 Å². The van der Waals surface area contributed by atoms with Crippen LogP contribution in [0.3, 0.4) is 0 Å². The van der Waals surface area contributed by atoms with E-state index in [1.165, 1.54) is 18.0 Å². The zero-order valence-electron chi connectivity index (χ0n) is 19.7. The predicted molar refractivity (Wildman–Crippen MR) is 134 cm³/mol. The second-order valence-corrected chi connectivity index (χ2v) is 8.55. The zero-order valence-corrected chi connectivity index (χ0v) is 19.7. The number of para-hydroxylation sites is 1. The van der Waals surface area contributed by atoms with Crippen molar-refractivity contribution in [3.63, 3.8) is 0 Å². The number of hydrogen-bond donors (Lipinski definition) is 2. The van der Waals surface area contributed by atoms with Gasteiger partial charge in [0, 0.05) is 25.4 Å². The Morgan fingerprint density at radius 2 is 1.51 bits per heavy atom. The molecule has 0 fully saturated rings. The van der Waals surface area contributed by atoms with Gasteiger partial charge < -0.3 is 20.1 Å². The van der Waals surface area contributed by atoms with Crippen LogP contribution in [0.25, 0.3) is 11.1 Å². The van der Waals surface area contributed by atoms with Gasteiger partial charge in [0.1, 0.15) is 6.61 Å². The van der Waals surface area contributed by atoms with Crippen molar-refractivity contribution in [2.45, 2.75) is 31.7 Å². The average molecular weight is 473 g/mol. The van der Waals surface area contributed by atoms with Crippen LogP contribution in [0.1, 0.15) is 47.2 Å². The molecule has 2 N–H and O–H groups in total. The number of rotatable bonds is 8. The number of carboxylic acid groups (broad SMARTS) is 1. The van der Waals surface area contributed by atoms with Gasteiger partial charge in [0.25, 0.3) is 0 Å². The molecule has 2 amide bonds. The number of carboxylic acids is 1.